The van der Waals surface area contributed by atoms with Gasteiger partial charge in [-0.3, -0.25) is 0 Å². The molecule has 1 fully saturated rings. The van der Waals surface area contributed by atoms with Gasteiger partial charge in [-0.1, -0.05) is 15.9 Å². The van der Waals surface area contributed by atoms with E-state index in [-0.39, 0.29) is 11.9 Å². The van der Waals surface area contributed by atoms with Crippen molar-refractivity contribution in [3.05, 3.63) is 34.1 Å². The standard InChI is InChI=1S/C12H16BrFN2/c1-15-12(7-16-9-3-4-9)10-6-8(13)2-5-11(10)14/h2,5-6,9,12,15-16H,3-4,7H2,1H3. The largest absolute Gasteiger partial charge is 0.312 e. The maximum absolute atomic E-state index is 13.7. The third-order valence-corrected chi connectivity index (χ3v) is 3.36. The Balaban J connectivity index is 2.07. The zero-order valence-electron chi connectivity index (χ0n) is 9.26. The second kappa shape index (κ2) is 5.25. The molecule has 0 bridgehead atoms. The summed E-state index contributed by atoms with van der Waals surface area (Å²) in [4.78, 5) is 0. The van der Waals surface area contributed by atoms with E-state index in [0.717, 1.165) is 11.0 Å². The van der Waals surface area contributed by atoms with Crippen LogP contribution in [-0.2, 0) is 0 Å². The summed E-state index contributed by atoms with van der Waals surface area (Å²) in [6, 6.07) is 5.73. The Hall–Kier alpha value is -0.450. The first kappa shape index (κ1) is 12.0. The summed E-state index contributed by atoms with van der Waals surface area (Å²) in [5, 5.41) is 6.55. The molecule has 2 N–H and O–H groups in total. The number of likely N-dealkylation sites (N-methyl/N-ethyl adjacent to an activating group) is 1. The molecule has 4 heteroatoms. The Bertz CT molecular complexity index is 366. The number of hydrogen-bond donors (Lipinski definition) is 2. The minimum atomic E-state index is -0.153. The van der Waals surface area contributed by atoms with Crippen molar-refractivity contribution in [2.24, 2.45) is 0 Å². The molecule has 0 amide bonds. The van der Waals surface area contributed by atoms with Crippen LogP contribution in [0.25, 0.3) is 0 Å². The first-order valence-corrected chi connectivity index (χ1v) is 6.35. The van der Waals surface area contributed by atoms with Crippen LogP contribution in [0.15, 0.2) is 22.7 Å². The molecule has 0 radical (unpaired) electrons. The normalized spacial score (nSPS) is 17.4. The summed E-state index contributed by atoms with van der Waals surface area (Å²) in [5.74, 6) is -0.153. The van der Waals surface area contributed by atoms with Gasteiger partial charge in [0, 0.05) is 28.7 Å². The summed E-state index contributed by atoms with van der Waals surface area (Å²) in [6.45, 7) is 0.772. The highest BCUT2D eigenvalue weighted by molar-refractivity contribution is 9.10. The summed E-state index contributed by atoms with van der Waals surface area (Å²) < 4.78 is 14.6. The molecular formula is C12H16BrFN2. The highest BCUT2D eigenvalue weighted by Crippen LogP contribution is 2.23. The van der Waals surface area contributed by atoms with Gasteiger partial charge < -0.3 is 10.6 Å². The predicted octanol–water partition coefficient (Wildman–Crippen LogP) is 2.60. The number of nitrogens with one attached hydrogen (secondary N) is 2. The lowest BCUT2D eigenvalue weighted by molar-refractivity contribution is 0.496. The summed E-state index contributed by atoms with van der Waals surface area (Å²) >= 11 is 3.37. The zero-order chi connectivity index (χ0) is 11.5. The van der Waals surface area contributed by atoms with Crippen LogP contribution in [0.3, 0.4) is 0 Å². The number of rotatable bonds is 5. The van der Waals surface area contributed by atoms with Crippen molar-refractivity contribution < 1.29 is 4.39 Å². The fraction of sp³-hybridized carbons (Fsp3) is 0.500. The van der Waals surface area contributed by atoms with Crippen molar-refractivity contribution in [2.75, 3.05) is 13.6 Å². The molecule has 0 aromatic heterocycles. The lowest BCUT2D eigenvalue weighted by Gasteiger charge is -2.18. The molecule has 1 aliphatic carbocycles. The second-order valence-electron chi connectivity index (χ2n) is 4.19. The van der Waals surface area contributed by atoms with Crippen molar-refractivity contribution in [1.29, 1.82) is 0 Å². The van der Waals surface area contributed by atoms with Gasteiger partial charge in [-0.2, -0.15) is 0 Å². The van der Waals surface area contributed by atoms with Crippen LogP contribution >= 0.6 is 15.9 Å². The first-order chi connectivity index (χ1) is 7.70. The maximum atomic E-state index is 13.7. The van der Waals surface area contributed by atoms with Crippen LogP contribution in [-0.4, -0.2) is 19.6 Å². The lowest BCUT2D eigenvalue weighted by Crippen LogP contribution is -2.31. The molecule has 2 rings (SSSR count). The van der Waals surface area contributed by atoms with E-state index in [1.165, 1.54) is 18.9 Å². The van der Waals surface area contributed by atoms with Gasteiger partial charge in [0.2, 0.25) is 0 Å². The monoisotopic (exact) mass is 286 g/mol. The van der Waals surface area contributed by atoms with Crippen LogP contribution in [0, 0.1) is 5.82 Å². The quantitative estimate of drug-likeness (QED) is 0.870. The Labute approximate surface area is 104 Å². The molecule has 0 heterocycles. The first-order valence-electron chi connectivity index (χ1n) is 5.56. The van der Waals surface area contributed by atoms with Crippen molar-refractivity contribution in [1.82, 2.24) is 10.6 Å². The third kappa shape index (κ3) is 3.03. The minimum Gasteiger partial charge on any atom is -0.312 e. The molecule has 0 aliphatic heterocycles. The molecule has 1 saturated carbocycles. The van der Waals surface area contributed by atoms with Gasteiger partial charge >= 0.3 is 0 Å². The molecule has 16 heavy (non-hydrogen) atoms. The van der Waals surface area contributed by atoms with E-state index in [1.807, 2.05) is 13.1 Å². The molecule has 1 aromatic carbocycles. The van der Waals surface area contributed by atoms with Crippen LogP contribution in [0.2, 0.25) is 0 Å². The number of benzene rings is 1. The van der Waals surface area contributed by atoms with Gasteiger partial charge in [0.05, 0.1) is 0 Å². The van der Waals surface area contributed by atoms with Crippen LogP contribution in [0.4, 0.5) is 4.39 Å². The summed E-state index contributed by atoms with van der Waals surface area (Å²) in [7, 11) is 1.86. The van der Waals surface area contributed by atoms with Crippen molar-refractivity contribution in [3.63, 3.8) is 0 Å². The lowest BCUT2D eigenvalue weighted by atomic mass is 10.1. The Morgan fingerprint density at radius 1 is 1.50 bits per heavy atom. The van der Waals surface area contributed by atoms with E-state index in [9.17, 15) is 4.39 Å². The molecule has 0 spiro atoms. The number of hydrogen-bond acceptors (Lipinski definition) is 2. The van der Waals surface area contributed by atoms with Crippen molar-refractivity contribution >= 4 is 15.9 Å². The highest BCUT2D eigenvalue weighted by atomic mass is 79.9. The molecule has 2 nitrogen and oxygen atoms in total. The summed E-state index contributed by atoms with van der Waals surface area (Å²) in [6.07, 6.45) is 2.49. The third-order valence-electron chi connectivity index (χ3n) is 2.87. The highest BCUT2D eigenvalue weighted by Gasteiger charge is 2.22. The van der Waals surface area contributed by atoms with E-state index in [4.69, 9.17) is 0 Å². The maximum Gasteiger partial charge on any atom is 0.128 e. The fourth-order valence-electron chi connectivity index (χ4n) is 1.72. The zero-order valence-corrected chi connectivity index (χ0v) is 10.8. The summed E-state index contributed by atoms with van der Waals surface area (Å²) in [5.41, 5.74) is 0.713. The Kier molecular flexibility index (Phi) is 3.95. The molecule has 1 atom stereocenters. The SMILES string of the molecule is CNC(CNC1CC1)c1cc(Br)ccc1F. The molecule has 1 aliphatic rings. The van der Waals surface area contributed by atoms with Crippen molar-refractivity contribution in [2.45, 2.75) is 24.9 Å². The molecule has 1 unspecified atom stereocenters. The smallest absolute Gasteiger partial charge is 0.128 e. The predicted molar refractivity (Wildman–Crippen MR) is 66.9 cm³/mol. The van der Waals surface area contributed by atoms with Gasteiger partial charge in [0.15, 0.2) is 0 Å². The van der Waals surface area contributed by atoms with E-state index >= 15 is 0 Å². The van der Waals surface area contributed by atoms with Gasteiger partial charge in [-0.15, -0.1) is 0 Å². The van der Waals surface area contributed by atoms with Crippen LogP contribution < -0.4 is 10.6 Å². The Morgan fingerprint density at radius 3 is 2.88 bits per heavy atom. The molecular weight excluding hydrogens is 271 g/mol. The van der Waals surface area contributed by atoms with E-state index in [1.54, 1.807) is 6.07 Å². The van der Waals surface area contributed by atoms with E-state index in [0.29, 0.717) is 11.6 Å². The second-order valence-corrected chi connectivity index (χ2v) is 5.11. The average molecular weight is 287 g/mol. The van der Waals surface area contributed by atoms with Gasteiger partial charge in [0.25, 0.3) is 0 Å². The van der Waals surface area contributed by atoms with Crippen molar-refractivity contribution in [3.8, 4) is 0 Å². The van der Waals surface area contributed by atoms with Gasteiger partial charge in [-0.05, 0) is 38.1 Å². The average Bonchev–Trinajstić information content (AvgIpc) is 3.07. The molecule has 0 saturated heterocycles. The fourth-order valence-corrected chi connectivity index (χ4v) is 2.10. The number of halogens is 2. The topological polar surface area (TPSA) is 24.1 Å². The van der Waals surface area contributed by atoms with E-state index < -0.39 is 0 Å². The minimum absolute atomic E-state index is 0.0260. The van der Waals surface area contributed by atoms with E-state index in [2.05, 4.69) is 26.6 Å². The Morgan fingerprint density at radius 2 is 2.25 bits per heavy atom. The molecule has 1 aromatic rings. The molecule has 88 valence electrons. The van der Waals surface area contributed by atoms with Gasteiger partial charge in [0.1, 0.15) is 5.82 Å². The van der Waals surface area contributed by atoms with Crippen LogP contribution in [0.1, 0.15) is 24.4 Å². The van der Waals surface area contributed by atoms with Gasteiger partial charge in [-0.25, -0.2) is 4.39 Å². The van der Waals surface area contributed by atoms with Crippen LogP contribution in [0.5, 0.6) is 0 Å².